The SMILES string of the molecule is CCCN1CCCCC1C(CN)c1ccc(OC)cc1OC. The number of ether oxygens (including phenoxy) is 2. The third-order valence-corrected chi connectivity index (χ3v) is 4.73. The molecule has 0 amide bonds. The van der Waals surface area contributed by atoms with E-state index >= 15 is 0 Å². The van der Waals surface area contributed by atoms with Crippen LogP contribution in [0.1, 0.15) is 44.1 Å². The summed E-state index contributed by atoms with van der Waals surface area (Å²) in [5.41, 5.74) is 7.38. The van der Waals surface area contributed by atoms with Gasteiger partial charge in [-0.2, -0.15) is 0 Å². The fraction of sp³-hybridized carbons (Fsp3) is 0.667. The minimum absolute atomic E-state index is 0.313. The van der Waals surface area contributed by atoms with Gasteiger partial charge >= 0.3 is 0 Å². The summed E-state index contributed by atoms with van der Waals surface area (Å²) in [6, 6.07) is 6.60. The molecule has 1 aromatic carbocycles. The van der Waals surface area contributed by atoms with Crippen LogP contribution in [-0.2, 0) is 0 Å². The largest absolute Gasteiger partial charge is 0.497 e. The van der Waals surface area contributed by atoms with Crippen molar-refractivity contribution in [2.75, 3.05) is 33.9 Å². The van der Waals surface area contributed by atoms with Crippen LogP contribution in [0.3, 0.4) is 0 Å². The number of hydrogen-bond acceptors (Lipinski definition) is 4. The van der Waals surface area contributed by atoms with Crippen LogP contribution in [0.15, 0.2) is 18.2 Å². The summed E-state index contributed by atoms with van der Waals surface area (Å²) in [5.74, 6) is 2.02. The van der Waals surface area contributed by atoms with Crippen molar-refractivity contribution in [2.45, 2.75) is 44.6 Å². The van der Waals surface area contributed by atoms with Gasteiger partial charge in [0.1, 0.15) is 11.5 Å². The maximum Gasteiger partial charge on any atom is 0.126 e. The molecule has 1 fully saturated rings. The topological polar surface area (TPSA) is 47.7 Å². The molecule has 1 aliphatic rings. The fourth-order valence-corrected chi connectivity index (χ4v) is 3.65. The van der Waals surface area contributed by atoms with Crippen molar-refractivity contribution in [3.05, 3.63) is 23.8 Å². The summed E-state index contributed by atoms with van der Waals surface area (Å²) in [5, 5.41) is 0. The Kier molecular flexibility index (Phi) is 6.52. The Morgan fingerprint density at radius 2 is 2.09 bits per heavy atom. The fourth-order valence-electron chi connectivity index (χ4n) is 3.65. The normalized spacial score (nSPS) is 20.6. The minimum Gasteiger partial charge on any atom is -0.497 e. The molecule has 0 spiro atoms. The first-order valence-electron chi connectivity index (χ1n) is 8.41. The second-order valence-electron chi connectivity index (χ2n) is 6.05. The van der Waals surface area contributed by atoms with Crippen molar-refractivity contribution in [2.24, 2.45) is 5.73 Å². The molecule has 0 aliphatic carbocycles. The second kappa shape index (κ2) is 8.39. The molecule has 0 bridgehead atoms. The van der Waals surface area contributed by atoms with Crippen LogP contribution in [0.25, 0.3) is 0 Å². The van der Waals surface area contributed by atoms with Gasteiger partial charge in [0.15, 0.2) is 0 Å². The molecule has 2 N–H and O–H groups in total. The predicted molar refractivity (Wildman–Crippen MR) is 90.8 cm³/mol. The lowest BCUT2D eigenvalue weighted by Crippen LogP contribution is -2.45. The molecule has 1 heterocycles. The lowest BCUT2D eigenvalue weighted by Gasteiger charge is -2.40. The Morgan fingerprint density at radius 3 is 2.73 bits per heavy atom. The molecular weight excluding hydrogens is 276 g/mol. The Labute approximate surface area is 134 Å². The lowest BCUT2D eigenvalue weighted by molar-refractivity contribution is 0.126. The summed E-state index contributed by atoms with van der Waals surface area (Å²) in [6.45, 7) is 5.23. The summed E-state index contributed by atoms with van der Waals surface area (Å²) in [4.78, 5) is 2.62. The van der Waals surface area contributed by atoms with E-state index in [1.807, 2.05) is 12.1 Å². The monoisotopic (exact) mass is 306 g/mol. The third kappa shape index (κ3) is 3.73. The maximum atomic E-state index is 6.17. The zero-order valence-corrected chi connectivity index (χ0v) is 14.2. The van der Waals surface area contributed by atoms with Gasteiger partial charge in [-0.15, -0.1) is 0 Å². The molecule has 124 valence electrons. The molecule has 0 radical (unpaired) electrons. The van der Waals surface area contributed by atoms with Gasteiger partial charge in [-0.25, -0.2) is 0 Å². The average Bonchev–Trinajstić information content (AvgIpc) is 2.57. The van der Waals surface area contributed by atoms with Gasteiger partial charge in [-0.1, -0.05) is 19.4 Å². The number of hydrogen-bond donors (Lipinski definition) is 1. The zero-order chi connectivity index (χ0) is 15.9. The lowest BCUT2D eigenvalue weighted by atomic mass is 9.84. The van der Waals surface area contributed by atoms with Crippen LogP contribution in [0, 0.1) is 0 Å². The Morgan fingerprint density at radius 1 is 1.27 bits per heavy atom. The summed E-state index contributed by atoms with van der Waals surface area (Å²) in [7, 11) is 3.40. The number of likely N-dealkylation sites (tertiary alicyclic amines) is 1. The molecule has 22 heavy (non-hydrogen) atoms. The van der Waals surface area contributed by atoms with E-state index < -0.39 is 0 Å². The molecule has 2 unspecified atom stereocenters. The molecule has 2 atom stereocenters. The van der Waals surface area contributed by atoms with Crippen molar-refractivity contribution >= 4 is 0 Å². The highest BCUT2D eigenvalue weighted by atomic mass is 16.5. The first kappa shape index (κ1) is 17.1. The summed E-state index contributed by atoms with van der Waals surface area (Å²) < 4.78 is 10.9. The number of rotatable bonds is 7. The highest BCUT2D eigenvalue weighted by Gasteiger charge is 2.31. The van der Waals surface area contributed by atoms with Crippen molar-refractivity contribution in [1.29, 1.82) is 0 Å². The van der Waals surface area contributed by atoms with Crippen molar-refractivity contribution in [3.8, 4) is 11.5 Å². The number of nitrogens with zero attached hydrogens (tertiary/aromatic N) is 1. The van der Waals surface area contributed by atoms with Gasteiger partial charge in [0.25, 0.3) is 0 Å². The third-order valence-electron chi connectivity index (χ3n) is 4.73. The summed E-state index contributed by atoms with van der Waals surface area (Å²) in [6.07, 6.45) is 5.00. The van der Waals surface area contributed by atoms with Gasteiger partial charge in [0, 0.05) is 30.1 Å². The average molecular weight is 306 g/mol. The van der Waals surface area contributed by atoms with Gasteiger partial charge in [-0.3, -0.25) is 4.90 Å². The summed E-state index contributed by atoms with van der Waals surface area (Å²) >= 11 is 0. The number of methoxy groups -OCH3 is 2. The van der Waals surface area contributed by atoms with E-state index in [-0.39, 0.29) is 0 Å². The van der Waals surface area contributed by atoms with Gasteiger partial charge < -0.3 is 15.2 Å². The van der Waals surface area contributed by atoms with E-state index in [9.17, 15) is 0 Å². The van der Waals surface area contributed by atoms with E-state index in [0.717, 1.165) is 18.0 Å². The van der Waals surface area contributed by atoms with E-state index in [2.05, 4.69) is 17.9 Å². The number of nitrogens with two attached hydrogens (primary N) is 1. The quantitative estimate of drug-likeness (QED) is 0.841. The van der Waals surface area contributed by atoms with E-state index in [0.29, 0.717) is 18.5 Å². The second-order valence-corrected chi connectivity index (χ2v) is 6.05. The van der Waals surface area contributed by atoms with Crippen LogP contribution in [0.4, 0.5) is 0 Å². The number of piperidine rings is 1. The van der Waals surface area contributed by atoms with E-state index in [1.54, 1.807) is 14.2 Å². The van der Waals surface area contributed by atoms with Crippen LogP contribution in [0.2, 0.25) is 0 Å². The molecule has 4 heteroatoms. The van der Waals surface area contributed by atoms with Crippen molar-refractivity contribution in [1.82, 2.24) is 4.90 Å². The molecule has 1 saturated heterocycles. The van der Waals surface area contributed by atoms with Gasteiger partial charge in [0.05, 0.1) is 14.2 Å². The number of benzene rings is 1. The minimum atomic E-state index is 0.313. The van der Waals surface area contributed by atoms with Crippen LogP contribution >= 0.6 is 0 Å². The van der Waals surface area contributed by atoms with Crippen molar-refractivity contribution in [3.63, 3.8) is 0 Å². The van der Waals surface area contributed by atoms with E-state index in [4.69, 9.17) is 15.2 Å². The molecule has 0 aromatic heterocycles. The van der Waals surface area contributed by atoms with Crippen molar-refractivity contribution < 1.29 is 9.47 Å². The van der Waals surface area contributed by atoms with Crippen LogP contribution in [-0.4, -0.2) is 44.8 Å². The molecule has 4 nitrogen and oxygen atoms in total. The highest BCUT2D eigenvalue weighted by Crippen LogP contribution is 2.36. The molecule has 1 aromatic rings. The van der Waals surface area contributed by atoms with Gasteiger partial charge in [0.2, 0.25) is 0 Å². The maximum absolute atomic E-state index is 6.17. The Bertz CT molecular complexity index is 462. The first-order valence-corrected chi connectivity index (χ1v) is 8.41. The van der Waals surface area contributed by atoms with E-state index in [1.165, 1.54) is 37.8 Å². The van der Waals surface area contributed by atoms with Gasteiger partial charge in [-0.05, 0) is 38.4 Å². The molecule has 0 saturated carbocycles. The van der Waals surface area contributed by atoms with Crippen LogP contribution < -0.4 is 15.2 Å². The first-order chi connectivity index (χ1) is 10.7. The Hall–Kier alpha value is -1.26. The zero-order valence-electron chi connectivity index (χ0n) is 14.2. The highest BCUT2D eigenvalue weighted by molar-refractivity contribution is 5.43. The van der Waals surface area contributed by atoms with Crippen LogP contribution in [0.5, 0.6) is 11.5 Å². The Balaban J connectivity index is 2.29. The standard InChI is InChI=1S/C18H30N2O2/c1-4-10-20-11-6-5-7-17(20)16(13-19)15-9-8-14(21-2)12-18(15)22-3/h8-9,12,16-17H,4-7,10-11,13,19H2,1-3H3. The predicted octanol–water partition coefficient (Wildman–Crippen LogP) is 3.01. The molecule has 2 rings (SSSR count). The molecular formula is C18H30N2O2. The molecule has 1 aliphatic heterocycles. The smallest absolute Gasteiger partial charge is 0.126 e.